The highest BCUT2D eigenvalue weighted by molar-refractivity contribution is 5.97. The predicted molar refractivity (Wildman–Crippen MR) is 127 cm³/mol. The van der Waals surface area contributed by atoms with Crippen molar-refractivity contribution in [1.29, 1.82) is 0 Å². The summed E-state index contributed by atoms with van der Waals surface area (Å²) in [4.78, 5) is 29.2. The van der Waals surface area contributed by atoms with Crippen LogP contribution in [0.25, 0.3) is 0 Å². The lowest BCUT2D eigenvalue weighted by Crippen LogP contribution is -2.38. The summed E-state index contributed by atoms with van der Waals surface area (Å²) < 4.78 is 0. The molecule has 1 saturated heterocycles. The van der Waals surface area contributed by atoms with Gasteiger partial charge in [-0.15, -0.1) is 0 Å². The van der Waals surface area contributed by atoms with Crippen LogP contribution in [0, 0.1) is 0 Å². The fraction of sp³-hybridized carbons (Fsp3) is 0.440. The molecule has 3 N–H and O–H groups in total. The van der Waals surface area contributed by atoms with E-state index in [0.29, 0.717) is 37.3 Å². The van der Waals surface area contributed by atoms with Gasteiger partial charge < -0.3 is 25.5 Å². The second-order valence-corrected chi connectivity index (χ2v) is 8.35. The molecule has 7 nitrogen and oxygen atoms in total. The zero-order valence-corrected chi connectivity index (χ0v) is 18.8. The molecule has 1 aliphatic rings. The molecule has 0 unspecified atom stereocenters. The molecule has 7 heteroatoms. The van der Waals surface area contributed by atoms with Gasteiger partial charge in [0.15, 0.2) is 0 Å². The van der Waals surface area contributed by atoms with Crippen molar-refractivity contribution in [3.05, 3.63) is 59.7 Å². The molecule has 0 bridgehead atoms. The van der Waals surface area contributed by atoms with Gasteiger partial charge in [0, 0.05) is 50.9 Å². The molecule has 32 heavy (non-hydrogen) atoms. The predicted octanol–water partition coefficient (Wildman–Crippen LogP) is 3.07. The van der Waals surface area contributed by atoms with Crippen molar-refractivity contribution in [2.45, 2.75) is 32.2 Å². The SMILES string of the molecule is CN(CCN1CCCCC1)C(=O)c1cccc(NC(=O)CCNCc2ccc(O)cc2)c1. The first kappa shape index (κ1) is 23.8. The Balaban J connectivity index is 1.41. The monoisotopic (exact) mass is 438 g/mol. The van der Waals surface area contributed by atoms with E-state index in [1.807, 2.05) is 19.2 Å². The van der Waals surface area contributed by atoms with Crippen LogP contribution in [0.15, 0.2) is 48.5 Å². The Morgan fingerprint density at radius 3 is 2.56 bits per heavy atom. The number of hydrogen-bond donors (Lipinski definition) is 3. The highest BCUT2D eigenvalue weighted by atomic mass is 16.3. The van der Waals surface area contributed by atoms with E-state index < -0.39 is 0 Å². The second kappa shape index (κ2) is 12.2. The number of benzene rings is 2. The molecule has 1 heterocycles. The molecule has 0 radical (unpaired) electrons. The molecule has 172 valence electrons. The number of anilines is 1. The van der Waals surface area contributed by atoms with E-state index in [9.17, 15) is 14.7 Å². The molecule has 3 rings (SSSR count). The molecule has 0 saturated carbocycles. The van der Waals surface area contributed by atoms with Crippen LogP contribution in [0.3, 0.4) is 0 Å². The number of piperidine rings is 1. The standard InChI is InChI=1S/C25H34N4O3/c1-28(16-17-29-14-3-2-4-15-29)25(32)21-6-5-7-22(18-21)27-24(31)12-13-26-19-20-8-10-23(30)11-9-20/h5-11,18,26,30H,2-4,12-17,19H2,1H3,(H,27,31). The van der Waals surface area contributed by atoms with Gasteiger partial charge in [0.05, 0.1) is 0 Å². The lowest BCUT2D eigenvalue weighted by atomic mass is 10.1. The van der Waals surface area contributed by atoms with E-state index >= 15 is 0 Å². The van der Waals surface area contributed by atoms with Gasteiger partial charge in [0.25, 0.3) is 5.91 Å². The number of amides is 2. The first-order valence-corrected chi connectivity index (χ1v) is 11.4. The van der Waals surface area contributed by atoms with Gasteiger partial charge in [-0.2, -0.15) is 0 Å². The number of phenolic OH excluding ortho intramolecular Hbond substituents is 1. The van der Waals surface area contributed by atoms with E-state index in [1.54, 1.807) is 41.3 Å². The van der Waals surface area contributed by atoms with Crippen LogP contribution >= 0.6 is 0 Å². The normalized spacial score (nSPS) is 14.2. The smallest absolute Gasteiger partial charge is 0.253 e. The van der Waals surface area contributed by atoms with Gasteiger partial charge in [-0.25, -0.2) is 0 Å². The minimum Gasteiger partial charge on any atom is -0.508 e. The van der Waals surface area contributed by atoms with Crippen molar-refractivity contribution in [2.75, 3.05) is 45.1 Å². The molecule has 2 amide bonds. The van der Waals surface area contributed by atoms with Gasteiger partial charge in [0.1, 0.15) is 5.75 Å². The number of nitrogens with one attached hydrogen (secondary N) is 2. The van der Waals surface area contributed by atoms with Crippen LogP contribution in [0.2, 0.25) is 0 Å². The van der Waals surface area contributed by atoms with Gasteiger partial charge in [0.2, 0.25) is 5.91 Å². The van der Waals surface area contributed by atoms with Crippen molar-refractivity contribution in [3.8, 4) is 5.75 Å². The van der Waals surface area contributed by atoms with E-state index in [0.717, 1.165) is 25.2 Å². The summed E-state index contributed by atoms with van der Waals surface area (Å²) in [5.41, 5.74) is 2.25. The summed E-state index contributed by atoms with van der Waals surface area (Å²) in [6.45, 7) is 4.99. The Hall–Kier alpha value is -2.90. The lowest BCUT2D eigenvalue weighted by Gasteiger charge is -2.28. The number of carbonyl (C=O) groups excluding carboxylic acids is 2. The maximum absolute atomic E-state index is 12.8. The van der Waals surface area contributed by atoms with Crippen molar-refractivity contribution in [1.82, 2.24) is 15.1 Å². The minimum absolute atomic E-state index is 0.0336. The molecule has 0 aliphatic carbocycles. The Bertz CT molecular complexity index is 879. The third-order valence-corrected chi connectivity index (χ3v) is 5.73. The van der Waals surface area contributed by atoms with Crippen LogP contribution in [0.1, 0.15) is 41.6 Å². The zero-order chi connectivity index (χ0) is 22.8. The van der Waals surface area contributed by atoms with Crippen molar-refractivity contribution in [2.24, 2.45) is 0 Å². The highest BCUT2D eigenvalue weighted by Crippen LogP contribution is 2.14. The number of nitrogens with zero attached hydrogens (tertiary/aromatic N) is 2. The van der Waals surface area contributed by atoms with E-state index in [2.05, 4.69) is 15.5 Å². The maximum Gasteiger partial charge on any atom is 0.253 e. The van der Waals surface area contributed by atoms with Crippen molar-refractivity contribution < 1.29 is 14.7 Å². The molecule has 0 aromatic heterocycles. The van der Waals surface area contributed by atoms with Crippen molar-refractivity contribution in [3.63, 3.8) is 0 Å². The summed E-state index contributed by atoms with van der Waals surface area (Å²) in [5.74, 6) is 0.0990. The molecular formula is C25H34N4O3. The Kier molecular flexibility index (Phi) is 9.07. The number of likely N-dealkylation sites (N-methyl/N-ethyl adjacent to an activating group) is 1. The van der Waals surface area contributed by atoms with Gasteiger partial charge in [-0.3, -0.25) is 9.59 Å². The van der Waals surface area contributed by atoms with Crippen LogP contribution in [0.4, 0.5) is 5.69 Å². The molecule has 2 aromatic rings. The molecular weight excluding hydrogens is 404 g/mol. The van der Waals surface area contributed by atoms with E-state index in [-0.39, 0.29) is 17.6 Å². The molecule has 0 spiro atoms. The minimum atomic E-state index is -0.105. The maximum atomic E-state index is 12.8. The summed E-state index contributed by atoms with van der Waals surface area (Å²) in [5, 5.41) is 15.4. The fourth-order valence-electron chi connectivity index (χ4n) is 3.80. The third kappa shape index (κ3) is 7.66. The van der Waals surface area contributed by atoms with Crippen LogP contribution in [-0.4, -0.2) is 66.5 Å². The number of aromatic hydroxyl groups is 1. The largest absolute Gasteiger partial charge is 0.508 e. The fourth-order valence-corrected chi connectivity index (χ4v) is 3.80. The van der Waals surface area contributed by atoms with Gasteiger partial charge in [-0.1, -0.05) is 24.6 Å². The van der Waals surface area contributed by atoms with Gasteiger partial charge >= 0.3 is 0 Å². The second-order valence-electron chi connectivity index (χ2n) is 8.35. The zero-order valence-electron chi connectivity index (χ0n) is 18.8. The Labute approximate surface area is 190 Å². The average molecular weight is 439 g/mol. The highest BCUT2D eigenvalue weighted by Gasteiger charge is 2.15. The Morgan fingerprint density at radius 2 is 1.81 bits per heavy atom. The third-order valence-electron chi connectivity index (χ3n) is 5.73. The molecule has 1 fully saturated rings. The summed E-state index contributed by atoms with van der Waals surface area (Å²) in [6.07, 6.45) is 4.11. The summed E-state index contributed by atoms with van der Waals surface area (Å²) in [7, 11) is 1.83. The lowest BCUT2D eigenvalue weighted by molar-refractivity contribution is -0.116. The van der Waals surface area contributed by atoms with Crippen molar-refractivity contribution >= 4 is 17.5 Å². The topological polar surface area (TPSA) is 84.9 Å². The first-order chi connectivity index (χ1) is 15.5. The summed E-state index contributed by atoms with van der Waals surface area (Å²) in [6, 6.07) is 14.1. The van der Waals surface area contributed by atoms with E-state index in [4.69, 9.17) is 0 Å². The van der Waals surface area contributed by atoms with Crippen LogP contribution < -0.4 is 10.6 Å². The number of likely N-dealkylation sites (tertiary alicyclic amines) is 1. The van der Waals surface area contributed by atoms with Crippen LogP contribution in [0.5, 0.6) is 5.75 Å². The number of carbonyl (C=O) groups is 2. The first-order valence-electron chi connectivity index (χ1n) is 11.4. The quantitative estimate of drug-likeness (QED) is 0.497. The molecule has 1 aliphatic heterocycles. The van der Waals surface area contributed by atoms with Gasteiger partial charge in [-0.05, 0) is 61.8 Å². The molecule has 0 atom stereocenters. The number of hydrogen-bond acceptors (Lipinski definition) is 5. The summed E-state index contributed by atoms with van der Waals surface area (Å²) >= 11 is 0. The number of phenols is 1. The van der Waals surface area contributed by atoms with Crippen LogP contribution in [-0.2, 0) is 11.3 Å². The Morgan fingerprint density at radius 1 is 1.06 bits per heavy atom. The molecule has 2 aromatic carbocycles. The van der Waals surface area contributed by atoms with E-state index in [1.165, 1.54) is 19.3 Å². The number of rotatable bonds is 10. The average Bonchev–Trinajstić information content (AvgIpc) is 2.82.